The second-order valence-electron chi connectivity index (χ2n) is 5.93. The van der Waals surface area contributed by atoms with E-state index >= 15 is 0 Å². The molecule has 0 saturated heterocycles. The van der Waals surface area contributed by atoms with Gasteiger partial charge in [-0.25, -0.2) is 4.98 Å². The molecule has 0 spiro atoms. The van der Waals surface area contributed by atoms with E-state index in [1.54, 1.807) is 19.1 Å². The fourth-order valence-corrected chi connectivity index (χ4v) is 3.03. The minimum atomic E-state index is -4.61. The normalized spacial score (nSPS) is 11.9. The van der Waals surface area contributed by atoms with Crippen molar-refractivity contribution in [3.63, 3.8) is 0 Å². The van der Waals surface area contributed by atoms with Crippen LogP contribution >= 0.6 is 11.6 Å². The van der Waals surface area contributed by atoms with Crippen LogP contribution in [0.15, 0.2) is 35.6 Å². The molecular formula is C17H14ClF3N4O. The first-order valence-electron chi connectivity index (χ1n) is 7.56. The topological polar surface area (TPSA) is 52.2 Å². The second-order valence-corrected chi connectivity index (χ2v) is 6.32. The van der Waals surface area contributed by atoms with Crippen molar-refractivity contribution < 1.29 is 13.2 Å². The summed E-state index contributed by atoms with van der Waals surface area (Å²) in [6.07, 6.45) is -4.61. The van der Waals surface area contributed by atoms with Crippen molar-refractivity contribution >= 4 is 22.8 Å². The lowest BCUT2D eigenvalue weighted by Gasteiger charge is -2.13. The Morgan fingerprint density at radius 3 is 2.62 bits per heavy atom. The van der Waals surface area contributed by atoms with Crippen molar-refractivity contribution in [1.82, 2.24) is 19.2 Å². The van der Waals surface area contributed by atoms with Crippen LogP contribution in [0.3, 0.4) is 0 Å². The summed E-state index contributed by atoms with van der Waals surface area (Å²) in [5.41, 5.74) is 1.22. The smallest absolute Gasteiger partial charge is 0.269 e. The number of alkyl halides is 3. The van der Waals surface area contributed by atoms with Gasteiger partial charge in [0.15, 0.2) is 5.15 Å². The molecule has 136 valence electrons. The Bertz CT molecular complexity index is 1080. The number of nitrogens with zero attached hydrogens (tertiary/aromatic N) is 4. The Hall–Kier alpha value is -2.61. The van der Waals surface area contributed by atoms with Crippen LogP contribution in [-0.2, 0) is 12.7 Å². The zero-order valence-electron chi connectivity index (χ0n) is 13.9. The first-order chi connectivity index (χ1) is 12.1. The average molecular weight is 383 g/mol. The monoisotopic (exact) mass is 382 g/mol. The lowest BCUT2D eigenvalue weighted by molar-refractivity contribution is -0.144. The number of pyridine rings is 1. The van der Waals surface area contributed by atoms with Gasteiger partial charge in [-0.3, -0.25) is 13.9 Å². The zero-order valence-corrected chi connectivity index (χ0v) is 14.7. The molecule has 0 saturated carbocycles. The van der Waals surface area contributed by atoms with E-state index in [9.17, 15) is 18.0 Å². The highest BCUT2D eigenvalue weighted by Crippen LogP contribution is 2.31. The van der Waals surface area contributed by atoms with Gasteiger partial charge in [-0.2, -0.15) is 18.3 Å². The number of aromatic nitrogens is 4. The van der Waals surface area contributed by atoms with Gasteiger partial charge in [0.2, 0.25) is 0 Å². The van der Waals surface area contributed by atoms with E-state index in [-0.39, 0.29) is 17.4 Å². The molecule has 3 rings (SSSR count). The van der Waals surface area contributed by atoms with Gasteiger partial charge < -0.3 is 0 Å². The van der Waals surface area contributed by atoms with Gasteiger partial charge in [0, 0.05) is 12.1 Å². The lowest BCUT2D eigenvalue weighted by Crippen LogP contribution is -2.21. The maximum absolute atomic E-state index is 13.1. The number of halogens is 4. The molecule has 0 N–H and O–H groups in total. The second kappa shape index (κ2) is 6.28. The Labute approximate surface area is 151 Å². The number of allylic oxidation sites excluding steroid dienone is 1. The minimum Gasteiger partial charge on any atom is -0.269 e. The molecule has 9 heteroatoms. The number of aryl methyl sites for hydroxylation is 1. The fraction of sp³-hybridized carbons (Fsp3) is 0.235. The van der Waals surface area contributed by atoms with Gasteiger partial charge >= 0.3 is 6.18 Å². The molecule has 3 aromatic heterocycles. The standard InChI is InChI=1S/C17H14ClF3N4O/c1-9(2)16-10(3)4-5-14-22-11(6-15(26)25(14)16)8-24-12(17(19,20)21)7-13(18)23-24/h4-7H,1,8H2,2-3H3. The van der Waals surface area contributed by atoms with Crippen LogP contribution in [0.4, 0.5) is 13.2 Å². The summed E-state index contributed by atoms with van der Waals surface area (Å²) >= 11 is 5.61. The van der Waals surface area contributed by atoms with E-state index in [0.717, 1.165) is 11.6 Å². The quantitative estimate of drug-likeness (QED) is 0.689. The third-order valence-electron chi connectivity index (χ3n) is 3.83. The summed E-state index contributed by atoms with van der Waals surface area (Å²) in [7, 11) is 0. The summed E-state index contributed by atoms with van der Waals surface area (Å²) in [6, 6.07) is 5.33. The van der Waals surface area contributed by atoms with Crippen molar-refractivity contribution in [3.8, 4) is 0 Å². The SMILES string of the molecule is C=C(C)c1c(C)ccc2nc(Cn3nc(Cl)cc3C(F)(F)F)cc(=O)n12. The van der Waals surface area contributed by atoms with Crippen LogP contribution in [0, 0.1) is 6.92 Å². The van der Waals surface area contributed by atoms with E-state index in [1.807, 2.05) is 6.92 Å². The van der Waals surface area contributed by atoms with Crippen molar-refractivity contribution in [2.24, 2.45) is 0 Å². The Kier molecular flexibility index (Phi) is 4.39. The molecule has 26 heavy (non-hydrogen) atoms. The third kappa shape index (κ3) is 3.24. The lowest BCUT2D eigenvalue weighted by atomic mass is 10.1. The van der Waals surface area contributed by atoms with E-state index in [2.05, 4.69) is 16.7 Å². The molecule has 0 amide bonds. The predicted octanol–water partition coefficient (Wildman–Crippen LogP) is 3.95. The number of hydrogen-bond donors (Lipinski definition) is 0. The highest BCUT2D eigenvalue weighted by molar-refractivity contribution is 6.29. The summed E-state index contributed by atoms with van der Waals surface area (Å²) in [6.45, 7) is 7.14. The van der Waals surface area contributed by atoms with Crippen LogP contribution in [0.5, 0.6) is 0 Å². The highest BCUT2D eigenvalue weighted by atomic mass is 35.5. The van der Waals surface area contributed by atoms with Gasteiger partial charge in [0.1, 0.15) is 11.3 Å². The summed E-state index contributed by atoms with van der Waals surface area (Å²) in [5.74, 6) is 0. The van der Waals surface area contributed by atoms with Crippen LogP contribution < -0.4 is 5.56 Å². The molecule has 3 heterocycles. The molecule has 0 aromatic carbocycles. The van der Waals surface area contributed by atoms with Crippen molar-refractivity contribution in [2.45, 2.75) is 26.6 Å². The molecule has 0 radical (unpaired) electrons. The van der Waals surface area contributed by atoms with Crippen LogP contribution in [0.2, 0.25) is 5.15 Å². The van der Waals surface area contributed by atoms with Crippen molar-refractivity contribution in [2.75, 3.05) is 0 Å². The van der Waals surface area contributed by atoms with Gasteiger partial charge in [-0.1, -0.05) is 24.2 Å². The fourth-order valence-electron chi connectivity index (χ4n) is 2.84. The molecule has 0 unspecified atom stereocenters. The maximum Gasteiger partial charge on any atom is 0.433 e. The zero-order chi connectivity index (χ0) is 19.2. The van der Waals surface area contributed by atoms with Gasteiger partial charge in [-0.15, -0.1) is 0 Å². The molecule has 0 aliphatic carbocycles. The summed E-state index contributed by atoms with van der Waals surface area (Å²) in [4.78, 5) is 16.9. The molecule has 0 aliphatic rings. The van der Waals surface area contributed by atoms with E-state index < -0.39 is 17.4 Å². The van der Waals surface area contributed by atoms with E-state index in [1.165, 1.54) is 10.5 Å². The number of hydrogen-bond acceptors (Lipinski definition) is 3. The van der Waals surface area contributed by atoms with Gasteiger partial charge in [0.05, 0.1) is 17.9 Å². The van der Waals surface area contributed by atoms with E-state index in [4.69, 9.17) is 11.6 Å². The Morgan fingerprint density at radius 2 is 2.00 bits per heavy atom. The maximum atomic E-state index is 13.1. The molecule has 0 atom stereocenters. The number of rotatable bonds is 3. The van der Waals surface area contributed by atoms with Crippen molar-refractivity contribution in [3.05, 3.63) is 69.0 Å². The highest BCUT2D eigenvalue weighted by Gasteiger charge is 2.35. The van der Waals surface area contributed by atoms with Crippen LogP contribution in [-0.4, -0.2) is 19.2 Å². The minimum absolute atomic E-state index is 0.150. The summed E-state index contributed by atoms with van der Waals surface area (Å²) in [5, 5.41) is 3.36. The number of fused-ring (bicyclic) bond motifs is 1. The first-order valence-corrected chi connectivity index (χ1v) is 7.94. The Balaban J connectivity index is 2.14. The molecule has 5 nitrogen and oxygen atoms in total. The molecular weight excluding hydrogens is 369 g/mol. The summed E-state index contributed by atoms with van der Waals surface area (Å²) < 4.78 is 41.3. The Morgan fingerprint density at radius 1 is 1.31 bits per heavy atom. The largest absolute Gasteiger partial charge is 0.433 e. The van der Waals surface area contributed by atoms with E-state index in [0.29, 0.717) is 21.6 Å². The first kappa shape index (κ1) is 18.2. The predicted molar refractivity (Wildman–Crippen MR) is 92.2 cm³/mol. The molecule has 0 fully saturated rings. The molecule has 0 bridgehead atoms. The van der Waals surface area contributed by atoms with Crippen LogP contribution in [0.25, 0.3) is 11.2 Å². The third-order valence-corrected chi connectivity index (χ3v) is 4.02. The van der Waals surface area contributed by atoms with Gasteiger partial charge in [-0.05, 0) is 31.1 Å². The average Bonchev–Trinajstić information content (AvgIpc) is 2.88. The van der Waals surface area contributed by atoms with Gasteiger partial charge in [0.25, 0.3) is 5.56 Å². The van der Waals surface area contributed by atoms with Crippen molar-refractivity contribution in [1.29, 1.82) is 0 Å². The molecule has 3 aromatic rings. The van der Waals surface area contributed by atoms with Crippen LogP contribution in [0.1, 0.15) is 29.6 Å². The molecule has 0 aliphatic heterocycles.